The zero-order valence-electron chi connectivity index (χ0n) is 18.9. The van der Waals surface area contributed by atoms with E-state index >= 15 is 0 Å². The lowest BCUT2D eigenvalue weighted by Gasteiger charge is -2.29. The van der Waals surface area contributed by atoms with Crippen molar-refractivity contribution < 1.29 is 13.2 Å². The van der Waals surface area contributed by atoms with Crippen LogP contribution in [0.15, 0.2) is 64.4 Å². The molecule has 3 heterocycles. The maximum atomic E-state index is 13.5. The van der Waals surface area contributed by atoms with E-state index in [0.29, 0.717) is 24.3 Å². The second-order valence-electron chi connectivity index (χ2n) is 8.31. The molecule has 0 amide bonds. The number of benzene rings is 2. The summed E-state index contributed by atoms with van der Waals surface area (Å²) in [6, 6.07) is 14.0. The second kappa shape index (κ2) is 8.39. The summed E-state index contributed by atoms with van der Waals surface area (Å²) in [5.41, 5.74) is 4.01. The smallest absolute Gasteiger partial charge is 0.281 e. The van der Waals surface area contributed by atoms with Gasteiger partial charge in [0.2, 0.25) is 10.0 Å². The van der Waals surface area contributed by atoms with Gasteiger partial charge in [-0.1, -0.05) is 6.07 Å². The number of morpholine rings is 1. The number of hydrogen-bond acceptors (Lipinski definition) is 6. The van der Waals surface area contributed by atoms with Crippen molar-refractivity contribution in [3.05, 3.63) is 76.5 Å². The average Bonchev–Trinajstić information content (AvgIpc) is 3.10. The lowest BCUT2D eigenvalue weighted by Crippen LogP contribution is -2.36. The summed E-state index contributed by atoms with van der Waals surface area (Å²) in [5, 5.41) is 10.9. The van der Waals surface area contributed by atoms with E-state index in [1.165, 1.54) is 28.9 Å². The number of aryl methyl sites for hydroxylation is 2. The van der Waals surface area contributed by atoms with Crippen molar-refractivity contribution in [1.29, 1.82) is 0 Å². The molecule has 176 valence electrons. The summed E-state index contributed by atoms with van der Waals surface area (Å²) in [5.74, 6) is 0. The molecule has 1 aliphatic heterocycles. The minimum absolute atomic E-state index is 0.0243. The van der Waals surface area contributed by atoms with Crippen LogP contribution in [0.4, 0.5) is 5.69 Å². The van der Waals surface area contributed by atoms with Crippen LogP contribution in [0.5, 0.6) is 0 Å². The molecule has 0 bridgehead atoms. The highest BCUT2D eigenvalue weighted by atomic mass is 32.2. The fraction of sp³-hybridized carbons (Fsp3) is 0.250. The first-order valence-corrected chi connectivity index (χ1v) is 12.5. The van der Waals surface area contributed by atoms with Crippen molar-refractivity contribution in [1.82, 2.24) is 14.3 Å². The van der Waals surface area contributed by atoms with Crippen LogP contribution in [0, 0.1) is 13.8 Å². The first-order chi connectivity index (χ1) is 16.3. The molecule has 9 nitrogen and oxygen atoms in total. The fourth-order valence-corrected chi connectivity index (χ4v) is 5.08. The van der Waals surface area contributed by atoms with Crippen LogP contribution in [-0.2, 0) is 14.8 Å². The van der Waals surface area contributed by atoms with Gasteiger partial charge in [0.1, 0.15) is 0 Å². The molecule has 34 heavy (non-hydrogen) atoms. The summed E-state index contributed by atoms with van der Waals surface area (Å²) in [4.78, 5) is 15.7. The van der Waals surface area contributed by atoms with Crippen LogP contribution >= 0.6 is 0 Å². The highest BCUT2D eigenvalue weighted by Gasteiger charge is 2.19. The molecule has 0 radical (unpaired) electrons. The van der Waals surface area contributed by atoms with Crippen molar-refractivity contribution in [3.8, 4) is 11.4 Å². The Bertz CT molecular complexity index is 1550. The fourth-order valence-electron chi connectivity index (χ4n) is 4.56. The highest BCUT2D eigenvalue weighted by molar-refractivity contribution is 7.89. The Morgan fingerprint density at radius 2 is 1.62 bits per heavy atom. The van der Waals surface area contributed by atoms with Gasteiger partial charge in [-0.15, -0.1) is 0 Å². The molecule has 0 aliphatic carbocycles. The van der Waals surface area contributed by atoms with Gasteiger partial charge < -0.3 is 14.2 Å². The van der Waals surface area contributed by atoms with Crippen molar-refractivity contribution in [2.45, 2.75) is 18.7 Å². The van der Waals surface area contributed by atoms with Crippen molar-refractivity contribution in [3.63, 3.8) is 0 Å². The minimum Gasteiger partial charge on any atom is -0.378 e. The number of hydrogen-bond donors (Lipinski definition) is 1. The number of nitrogens with zero attached hydrogens (tertiary/aromatic N) is 4. The van der Waals surface area contributed by atoms with E-state index in [9.17, 15) is 13.2 Å². The topological polar surface area (TPSA) is 112 Å². The standard InChI is InChI=1S/C24H25N5O4S/c1-16-22-15-26-29(18-6-8-21(9-7-18)34(25,31)32)24(30)23(22)17(2)28(16)20-5-3-4-19(14-20)27-10-12-33-13-11-27/h3-9,14-15H,10-13H2,1-2H3,(H2,25,31,32). The predicted molar refractivity (Wildman–Crippen MR) is 131 cm³/mol. The van der Waals surface area contributed by atoms with Crippen molar-refractivity contribution >= 4 is 26.5 Å². The first kappa shape index (κ1) is 22.3. The van der Waals surface area contributed by atoms with Crippen LogP contribution in [0.1, 0.15) is 11.4 Å². The second-order valence-corrected chi connectivity index (χ2v) is 9.88. The van der Waals surface area contributed by atoms with E-state index in [0.717, 1.165) is 41.2 Å². The lowest BCUT2D eigenvalue weighted by molar-refractivity contribution is 0.122. The molecule has 2 aromatic heterocycles. The van der Waals surface area contributed by atoms with Crippen LogP contribution in [0.3, 0.4) is 0 Å². The monoisotopic (exact) mass is 479 g/mol. The normalized spacial score (nSPS) is 14.6. The molecule has 0 atom stereocenters. The third-order valence-corrected chi connectivity index (χ3v) is 7.20. The Morgan fingerprint density at radius 1 is 0.941 bits per heavy atom. The number of anilines is 1. The largest absolute Gasteiger partial charge is 0.378 e. The van der Waals surface area contributed by atoms with Gasteiger partial charge >= 0.3 is 0 Å². The number of ether oxygens (including phenoxy) is 1. The SMILES string of the molecule is Cc1c2cnn(-c3ccc(S(N)(=O)=O)cc3)c(=O)c2c(C)n1-c1cccc(N2CCOCC2)c1. The maximum absolute atomic E-state index is 13.5. The molecule has 1 fully saturated rings. The Kier molecular flexibility index (Phi) is 5.51. The molecule has 5 rings (SSSR count). The van der Waals surface area contributed by atoms with E-state index in [1.807, 2.05) is 26.0 Å². The van der Waals surface area contributed by atoms with Crippen LogP contribution < -0.4 is 15.6 Å². The van der Waals surface area contributed by atoms with Crippen LogP contribution in [-0.4, -0.2) is 49.1 Å². The number of nitrogens with two attached hydrogens (primary N) is 1. The zero-order valence-corrected chi connectivity index (χ0v) is 19.7. The van der Waals surface area contributed by atoms with Gasteiger partial charge in [-0.3, -0.25) is 4.79 Å². The summed E-state index contributed by atoms with van der Waals surface area (Å²) in [6.45, 7) is 7.00. The molecular weight excluding hydrogens is 454 g/mol. The minimum atomic E-state index is -3.82. The van der Waals surface area contributed by atoms with E-state index in [1.54, 1.807) is 6.20 Å². The van der Waals surface area contributed by atoms with Gasteiger partial charge in [-0.25, -0.2) is 13.6 Å². The van der Waals surface area contributed by atoms with E-state index in [2.05, 4.69) is 26.7 Å². The number of primary sulfonamides is 1. The molecule has 1 saturated heterocycles. The van der Waals surface area contributed by atoms with Crippen molar-refractivity contribution in [2.75, 3.05) is 31.2 Å². The zero-order chi connectivity index (χ0) is 24.0. The molecule has 4 aromatic rings. The van der Waals surface area contributed by atoms with Gasteiger partial charge in [0.05, 0.1) is 35.4 Å². The van der Waals surface area contributed by atoms with E-state index < -0.39 is 10.0 Å². The number of rotatable bonds is 4. The summed E-state index contributed by atoms with van der Waals surface area (Å²) in [6.07, 6.45) is 1.68. The summed E-state index contributed by atoms with van der Waals surface area (Å²) >= 11 is 0. The van der Waals surface area contributed by atoms with Gasteiger partial charge in [-0.05, 0) is 56.3 Å². The van der Waals surface area contributed by atoms with Crippen molar-refractivity contribution in [2.24, 2.45) is 5.14 Å². The van der Waals surface area contributed by atoms with Gasteiger partial charge in [0.25, 0.3) is 5.56 Å². The molecule has 2 aromatic carbocycles. The maximum Gasteiger partial charge on any atom is 0.281 e. The molecule has 10 heteroatoms. The summed E-state index contributed by atoms with van der Waals surface area (Å²) < 4.78 is 31.9. The van der Waals surface area contributed by atoms with Gasteiger partial charge in [0.15, 0.2) is 0 Å². The predicted octanol–water partition coefficient (Wildman–Crippen LogP) is 2.28. The Morgan fingerprint density at radius 3 is 2.29 bits per heavy atom. The number of aromatic nitrogens is 3. The van der Waals surface area contributed by atoms with Gasteiger partial charge in [0, 0.05) is 41.2 Å². The molecule has 2 N–H and O–H groups in total. The molecular formula is C24H25N5O4S. The first-order valence-electron chi connectivity index (χ1n) is 10.9. The molecule has 0 saturated carbocycles. The molecule has 1 aliphatic rings. The third kappa shape index (κ3) is 3.79. The average molecular weight is 480 g/mol. The van der Waals surface area contributed by atoms with Crippen LogP contribution in [0.2, 0.25) is 0 Å². The van der Waals surface area contributed by atoms with E-state index in [4.69, 9.17) is 9.88 Å². The highest BCUT2D eigenvalue weighted by Crippen LogP contribution is 2.28. The third-order valence-electron chi connectivity index (χ3n) is 6.27. The number of fused-ring (bicyclic) bond motifs is 1. The quantitative estimate of drug-likeness (QED) is 0.481. The van der Waals surface area contributed by atoms with Crippen LogP contribution in [0.25, 0.3) is 22.1 Å². The Labute approximate surface area is 197 Å². The number of sulfonamides is 1. The summed E-state index contributed by atoms with van der Waals surface area (Å²) in [7, 11) is -3.82. The van der Waals surface area contributed by atoms with E-state index in [-0.39, 0.29) is 10.5 Å². The Hall–Kier alpha value is -3.47. The lowest BCUT2D eigenvalue weighted by atomic mass is 10.2. The Balaban J connectivity index is 1.61. The molecule has 0 unspecified atom stereocenters. The van der Waals surface area contributed by atoms with Gasteiger partial charge in [-0.2, -0.15) is 9.78 Å². The molecule has 0 spiro atoms.